The molecule has 1 aliphatic carbocycles. The van der Waals surface area contributed by atoms with Crippen LogP contribution >= 0.6 is 0 Å². The first-order valence-corrected chi connectivity index (χ1v) is 8.30. The Hall–Kier alpha value is -1.38. The van der Waals surface area contributed by atoms with Gasteiger partial charge < -0.3 is 14.8 Å². The Labute approximate surface area is 129 Å². The molecule has 0 spiro atoms. The number of rotatable bonds is 6. The SMILES string of the molecule is CCOc1ccc(OCC)c(NC2CCC(C)CC2C)c1. The van der Waals surface area contributed by atoms with Gasteiger partial charge >= 0.3 is 0 Å². The summed E-state index contributed by atoms with van der Waals surface area (Å²) in [6, 6.07) is 6.58. The maximum Gasteiger partial charge on any atom is 0.142 e. The number of hydrogen-bond donors (Lipinski definition) is 1. The van der Waals surface area contributed by atoms with Crippen LogP contribution in [0.3, 0.4) is 0 Å². The molecule has 0 bridgehead atoms. The van der Waals surface area contributed by atoms with Crippen LogP contribution in [0.25, 0.3) is 0 Å². The van der Waals surface area contributed by atoms with E-state index in [2.05, 4.69) is 25.2 Å². The molecule has 1 fully saturated rings. The van der Waals surface area contributed by atoms with Crippen LogP contribution in [0.1, 0.15) is 47.0 Å². The van der Waals surface area contributed by atoms with Gasteiger partial charge in [-0.1, -0.05) is 13.8 Å². The van der Waals surface area contributed by atoms with Crippen LogP contribution in [-0.4, -0.2) is 19.3 Å². The lowest BCUT2D eigenvalue weighted by atomic mass is 9.80. The molecule has 0 aromatic heterocycles. The van der Waals surface area contributed by atoms with Crippen molar-refractivity contribution in [2.45, 2.75) is 53.0 Å². The van der Waals surface area contributed by atoms with E-state index in [1.54, 1.807) is 0 Å². The van der Waals surface area contributed by atoms with Gasteiger partial charge in [0.1, 0.15) is 11.5 Å². The van der Waals surface area contributed by atoms with Crippen LogP contribution in [0, 0.1) is 11.8 Å². The third kappa shape index (κ3) is 4.29. The lowest BCUT2D eigenvalue weighted by Crippen LogP contribution is -2.33. The number of anilines is 1. The van der Waals surface area contributed by atoms with Gasteiger partial charge in [-0.05, 0) is 57.1 Å². The van der Waals surface area contributed by atoms with Crippen LogP contribution in [-0.2, 0) is 0 Å². The van der Waals surface area contributed by atoms with Gasteiger partial charge in [0.05, 0.1) is 18.9 Å². The number of nitrogens with one attached hydrogen (secondary N) is 1. The minimum atomic E-state index is 0.525. The topological polar surface area (TPSA) is 30.5 Å². The van der Waals surface area contributed by atoms with Gasteiger partial charge in [0.25, 0.3) is 0 Å². The Kier molecular flexibility index (Phi) is 5.77. The van der Waals surface area contributed by atoms with Gasteiger partial charge in [0.15, 0.2) is 0 Å². The van der Waals surface area contributed by atoms with E-state index in [1.807, 2.05) is 26.0 Å². The van der Waals surface area contributed by atoms with E-state index in [1.165, 1.54) is 19.3 Å². The highest BCUT2D eigenvalue weighted by Gasteiger charge is 2.26. The Balaban J connectivity index is 2.13. The fraction of sp³-hybridized carbons (Fsp3) is 0.667. The minimum absolute atomic E-state index is 0.525. The number of benzene rings is 1. The second-order valence-electron chi connectivity index (χ2n) is 6.17. The molecule has 2 rings (SSSR count). The van der Waals surface area contributed by atoms with Gasteiger partial charge in [-0.25, -0.2) is 0 Å². The van der Waals surface area contributed by atoms with Crippen molar-refractivity contribution < 1.29 is 9.47 Å². The van der Waals surface area contributed by atoms with E-state index in [0.29, 0.717) is 25.2 Å². The molecular weight excluding hydrogens is 262 g/mol. The molecular formula is C18H29NO2. The average molecular weight is 291 g/mol. The Morgan fingerprint density at radius 3 is 2.52 bits per heavy atom. The average Bonchev–Trinajstić information content (AvgIpc) is 2.45. The molecule has 1 aromatic rings. The summed E-state index contributed by atoms with van der Waals surface area (Å²) in [5, 5.41) is 3.70. The molecule has 0 radical (unpaired) electrons. The Morgan fingerprint density at radius 1 is 1.10 bits per heavy atom. The zero-order valence-electron chi connectivity index (χ0n) is 13.8. The quantitative estimate of drug-likeness (QED) is 0.822. The van der Waals surface area contributed by atoms with E-state index < -0.39 is 0 Å². The van der Waals surface area contributed by atoms with Crippen LogP contribution in [0.15, 0.2) is 18.2 Å². The summed E-state index contributed by atoms with van der Waals surface area (Å²) in [6.07, 6.45) is 3.83. The Bertz CT molecular complexity index is 447. The van der Waals surface area contributed by atoms with E-state index >= 15 is 0 Å². The molecule has 1 N–H and O–H groups in total. The highest BCUT2D eigenvalue weighted by molar-refractivity contribution is 5.60. The summed E-state index contributed by atoms with van der Waals surface area (Å²) in [5.74, 6) is 3.37. The predicted molar refractivity (Wildman–Crippen MR) is 88.4 cm³/mol. The van der Waals surface area contributed by atoms with Gasteiger partial charge in [0.2, 0.25) is 0 Å². The molecule has 118 valence electrons. The van der Waals surface area contributed by atoms with E-state index in [-0.39, 0.29) is 0 Å². The molecule has 0 saturated heterocycles. The van der Waals surface area contributed by atoms with Gasteiger partial charge in [-0.15, -0.1) is 0 Å². The first-order chi connectivity index (χ1) is 10.1. The van der Waals surface area contributed by atoms with E-state index in [9.17, 15) is 0 Å². The fourth-order valence-electron chi connectivity index (χ4n) is 3.24. The van der Waals surface area contributed by atoms with Gasteiger partial charge in [-0.3, -0.25) is 0 Å². The van der Waals surface area contributed by atoms with Crippen molar-refractivity contribution >= 4 is 5.69 Å². The molecule has 3 unspecified atom stereocenters. The van der Waals surface area contributed by atoms with Crippen LogP contribution in [0.2, 0.25) is 0 Å². The van der Waals surface area contributed by atoms with Crippen LogP contribution in [0.5, 0.6) is 11.5 Å². The monoisotopic (exact) mass is 291 g/mol. The van der Waals surface area contributed by atoms with Crippen molar-refractivity contribution in [2.24, 2.45) is 11.8 Å². The molecule has 0 heterocycles. The maximum absolute atomic E-state index is 5.75. The lowest BCUT2D eigenvalue weighted by Gasteiger charge is -2.34. The molecule has 0 aliphatic heterocycles. The first-order valence-electron chi connectivity index (χ1n) is 8.30. The molecule has 1 aromatic carbocycles. The standard InChI is InChI=1S/C18H29NO2/c1-5-20-15-8-10-18(21-6-2)17(12-15)19-16-9-7-13(3)11-14(16)4/h8,10,12-14,16,19H,5-7,9,11H2,1-4H3. The summed E-state index contributed by atoms with van der Waals surface area (Å²) in [7, 11) is 0. The van der Waals surface area contributed by atoms with E-state index in [0.717, 1.165) is 23.1 Å². The molecule has 3 heteroatoms. The molecule has 0 amide bonds. The van der Waals surface area contributed by atoms with E-state index in [4.69, 9.17) is 9.47 Å². The molecule has 1 saturated carbocycles. The summed E-state index contributed by atoms with van der Waals surface area (Å²) >= 11 is 0. The zero-order chi connectivity index (χ0) is 15.2. The first kappa shape index (κ1) is 16.0. The zero-order valence-corrected chi connectivity index (χ0v) is 13.8. The van der Waals surface area contributed by atoms with Crippen LogP contribution < -0.4 is 14.8 Å². The van der Waals surface area contributed by atoms with Crippen molar-refractivity contribution in [2.75, 3.05) is 18.5 Å². The minimum Gasteiger partial charge on any atom is -0.494 e. The largest absolute Gasteiger partial charge is 0.494 e. The third-order valence-corrected chi connectivity index (χ3v) is 4.33. The normalized spacial score (nSPS) is 25.4. The van der Waals surface area contributed by atoms with Crippen LogP contribution in [0.4, 0.5) is 5.69 Å². The van der Waals surface area contributed by atoms with Crippen molar-refractivity contribution in [3.8, 4) is 11.5 Å². The second-order valence-corrected chi connectivity index (χ2v) is 6.17. The van der Waals surface area contributed by atoms with Gasteiger partial charge in [-0.2, -0.15) is 0 Å². The summed E-state index contributed by atoms with van der Waals surface area (Å²) in [4.78, 5) is 0. The fourth-order valence-corrected chi connectivity index (χ4v) is 3.24. The summed E-state index contributed by atoms with van der Waals surface area (Å²) in [6.45, 7) is 10.1. The Morgan fingerprint density at radius 2 is 1.86 bits per heavy atom. The summed E-state index contributed by atoms with van der Waals surface area (Å²) in [5.41, 5.74) is 1.06. The predicted octanol–water partition coefficient (Wildman–Crippen LogP) is 4.72. The number of hydrogen-bond acceptors (Lipinski definition) is 3. The van der Waals surface area contributed by atoms with Crippen molar-refractivity contribution in [1.29, 1.82) is 0 Å². The molecule has 21 heavy (non-hydrogen) atoms. The second kappa shape index (κ2) is 7.58. The van der Waals surface area contributed by atoms with Gasteiger partial charge in [0, 0.05) is 12.1 Å². The van der Waals surface area contributed by atoms with Crippen molar-refractivity contribution in [3.63, 3.8) is 0 Å². The van der Waals surface area contributed by atoms with Crippen molar-refractivity contribution in [3.05, 3.63) is 18.2 Å². The third-order valence-electron chi connectivity index (χ3n) is 4.33. The lowest BCUT2D eigenvalue weighted by molar-refractivity contribution is 0.275. The highest BCUT2D eigenvalue weighted by Crippen LogP contribution is 2.35. The highest BCUT2D eigenvalue weighted by atomic mass is 16.5. The van der Waals surface area contributed by atoms with Crippen molar-refractivity contribution in [1.82, 2.24) is 0 Å². The maximum atomic E-state index is 5.75. The summed E-state index contributed by atoms with van der Waals surface area (Å²) < 4.78 is 11.4. The number of ether oxygens (including phenoxy) is 2. The molecule has 3 nitrogen and oxygen atoms in total. The molecule has 3 atom stereocenters. The molecule has 1 aliphatic rings. The smallest absolute Gasteiger partial charge is 0.142 e.